The monoisotopic (exact) mass is 394 g/mol. The molecular weight excluding hydrogens is 376 g/mol. The summed E-state index contributed by atoms with van der Waals surface area (Å²) < 4.78 is 4.86. The third-order valence-corrected chi connectivity index (χ3v) is 6.00. The first-order valence-corrected chi connectivity index (χ1v) is 9.22. The van der Waals surface area contributed by atoms with E-state index in [1.165, 1.54) is 19.2 Å². The van der Waals surface area contributed by atoms with E-state index in [-0.39, 0.29) is 33.4 Å². The number of ether oxygens (including phenoxy) is 1. The topological polar surface area (TPSA) is 118 Å². The molecule has 3 atom stereocenters. The van der Waals surface area contributed by atoms with Crippen LogP contribution < -0.4 is 0 Å². The van der Waals surface area contributed by atoms with Crippen molar-refractivity contribution in [1.29, 1.82) is 0 Å². The molecule has 2 aromatic rings. The Kier molecular flexibility index (Phi) is 4.26. The summed E-state index contributed by atoms with van der Waals surface area (Å²) in [5.74, 6) is -5.57. The molecule has 2 N–H and O–H groups in total. The lowest BCUT2D eigenvalue weighted by Crippen LogP contribution is -2.23. The largest absolute Gasteiger partial charge is 0.507 e. The summed E-state index contributed by atoms with van der Waals surface area (Å²) in [4.78, 5) is 50.5. The van der Waals surface area contributed by atoms with Gasteiger partial charge < -0.3 is 19.7 Å². The van der Waals surface area contributed by atoms with Crippen LogP contribution in [0.1, 0.15) is 68.2 Å². The zero-order valence-electron chi connectivity index (χ0n) is 15.8. The van der Waals surface area contributed by atoms with Gasteiger partial charge in [-0.05, 0) is 5.92 Å². The number of hydrogen-bond donors (Lipinski definition) is 2. The molecule has 148 valence electrons. The molecule has 0 aromatic heterocycles. The maximum atomic E-state index is 13.1. The molecule has 29 heavy (non-hydrogen) atoms. The number of ketones is 2. The van der Waals surface area contributed by atoms with Gasteiger partial charge >= 0.3 is 5.97 Å². The number of phenolic OH excluding ortho intramolecular Hbond substituents is 2. The lowest BCUT2D eigenvalue weighted by molar-refractivity contribution is -0.143. The second-order valence-electron chi connectivity index (χ2n) is 7.21. The predicted octanol–water partition coefficient (Wildman–Crippen LogP) is 2.45. The maximum absolute atomic E-state index is 13.1. The highest BCUT2D eigenvalue weighted by molar-refractivity contribution is 6.30. The molecule has 2 aromatic carbocycles. The normalized spacial score (nSPS) is 21.9. The van der Waals surface area contributed by atoms with Gasteiger partial charge in [0.2, 0.25) is 0 Å². The van der Waals surface area contributed by atoms with Gasteiger partial charge in [0.05, 0.1) is 24.2 Å². The highest BCUT2D eigenvalue weighted by Gasteiger charge is 2.50. The zero-order chi connectivity index (χ0) is 21.0. The Morgan fingerprint density at radius 3 is 2.00 bits per heavy atom. The number of rotatable bonds is 3. The fourth-order valence-corrected chi connectivity index (χ4v) is 4.72. The Hall–Kier alpha value is -3.48. The standard InChI is InChI=1S/C22H18O7/c1-3-9-12(8-23)13-15(14(9)22(28)29-2)21(27)17-16(20(13)26)18(24)10-6-4-5-7-11(10)19(17)25/h4-9,12,14,26-27H,3H2,1-2H3. The Bertz CT molecular complexity index is 1100. The van der Waals surface area contributed by atoms with Gasteiger partial charge in [-0.15, -0.1) is 0 Å². The quantitative estimate of drug-likeness (QED) is 0.398. The van der Waals surface area contributed by atoms with E-state index in [0.717, 1.165) is 0 Å². The summed E-state index contributed by atoms with van der Waals surface area (Å²) in [6, 6.07) is 6.11. The number of carbonyl (C=O) groups excluding carboxylic acids is 4. The van der Waals surface area contributed by atoms with Crippen LogP contribution in [0.5, 0.6) is 11.5 Å². The minimum absolute atomic E-state index is 0.0130. The summed E-state index contributed by atoms with van der Waals surface area (Å²) in [7, 11) is 1.18. The molecular formula is C22H18O7. The van der Waals surface area contributed by atoms with E-state index < -0.39 is 46.8 Å². The number of esters is 1. The van der Waals surface area contributed by atoms with E-state index in [1.54, 1.807) is 19.1 Å². The van der Waals surface area contributed by atoms with Crippen LogP contribution in [-0.2, 0) is 14.3 Å². The van der Waals surface area contributed by atoms with Gasteiger partial charge in [0.15, 0.2) is 11.6 Å². The smallest absolute Gasteiger partial charge is 0.313 e. The summed E-state index contributed by atoms with van der Waals surface area (Å²) >= 11 is 0. The maximum Gasteiger partial charge on any atom is 0.313 e. The first-order valence-electron chi connectivity index (χ1n) is 9.22. The van der Waals surface area contributed by atoms with Crippen molar-refractivity contribution in [2.75, 3.05) is 7.11 Å². The number of benzene rings is 2. The van der Waals surface area contributed by atoms with Crippen LogP contribution in [-0.4, -0.2) is 41.1 Å². The van der Waals surface area contributed by atoms with Crippen molar-refractivity contribution >= 4 is 23.8 Å². The van der Waals surface area contributed by atoms with Gasteiger partial charge in [0, 0.05) is 28.2 Å². The van der Waals surface area contributed by atoms with Crippen molar-refractivity contribution < 1.29 is 34.1 Å². The third-order valence-electron chi connectivity index (χ3n) is 6.00. The van der Waals surface area contributed by atoms with Crippen molar-refractivity contribution in [2.45, 2.75) is 25.2 Å². The first-order chi connectivity index (χ1) is 13.9. The minimum atomic E-state index is -1.04. The van der Waals surface area contributed by atoms with Gasteiger partial charge in [0.1, 0.15) is 17.8 Å². The van der Waals surface area contributed by atoms with Crippen LogP contribution in [0.25, 0.3) is 0 Å². The number of aldehydes is 1. The number of hydrogen-bond acceptors (Lipinski definition) is 7. The van der Waals surface area contributed by atoms with Gasteiger partial charge in [-0.3, -0.25) is 14.4 Å². The Morgan fingerprint density at radius 2 is 1.55 bits per heavy atom. The Labute approximate surface area is 165 Å². The molecule has 7 heteroatoms. The molecule has 0 saturated heterocycles. The lowest BCUT2D eigenvalue weighted by atomic mass is 9.79. The number of aromatic hydroxyl groups is 2. The van der Waals surface area contributed by atoms with Gasteiger partial charge in [-0.25, -0.2) is 0 Å². The molecule has 0 amide bonds. The molecule has 0 heterocycles. The Morgan fingerprint density at radius 1 is 1.03 bits per heavy atom. The van der Waals surface area contributed by atoms with Gasteiger partial charge in [-0.1, -0.05) is 37.6 Å². The van der Waals surface area contributed by atoms with E-state index in [0.29, 0.717) is 12.7 Å². The molecule has 0 aliphatic heterocycles. The fraction of sp³-hybridized carbons (Fsp3) is 0.273. The summed E-state index contributed by atoms with van der Waals surface area (Å²) in [5.41, 5.74) is -0.475. The Balaban J connectivity index is 2.10. The second-order valence-corrected chi connectivity index (χ2v) is 7.21. The van der Waals surface area contributed by atoms with E-state index in [1.807, 2.05) is 0 Å². The molecule has 2 aliphatic rings. The summed E-state index contributed by atoms with van der Waals surface area (Å²) in [5, 5.41) is 22.0. The van der Waals surface area contributed by atoms with Crippen LogP contribution in [0.3, 0.4) is 0 Å². The lowest BCUT2D eigenvalue weighted by Gasteiger charge is -2.23. The van der Waals surface area contributed by atoms with Crippen LogP contribution >= 0.6 is 0 Å². The number of fused-ring (bicyclic) bond motifs is 3. The molecule has 3 unspecified atom stereocenters. The molecule has 0 bridgehead atoms. The van der Waals surface area contributed by atoms with E-state index in [4.69, 9.17) is 4.74 Å². The van der Waals surface area contributed by atoms with E-state index >= 15 is 0 Å². The van der Waals surface area contributed by atoms with Gasteiger partial charge in [0.25, 0.3) is 0 Å². The predicted molar refractivity (Wildman–Crippen MR) is 100 cm³/mol. The molecule has 2 aliphatic carbocycles. The fourth-order valence-electron chi connectivity index (χ4n) is 4.72. The summed E-state index contributed by atoms with van der Waals surface area (Å²) in [6.07, 6.45) is 0.966. The SMILES string of the molecule is CCC1C(C=O)c2c(O)c3c(c(O)c2C1C(=O)OC)C(=O)c1ccccc1C3=O. The minimum Gasteiger partial charge on any atom is -0.507 e. The zero-order valence-corrected chi connectivity index (χ0v) is 15.8. The molecule has 0 fully saturated rings. The van der Waals surface area contributed by atoms with Crippen LogP contribution in [0, 0.1) is 5.92 Å². The molecule has 4 rings (SSSR count). The highest BCUT2D eigenvalue weighted by atomic mass is 16.5. The number of phenols is 2. The second kappa shape index (κ2) is 6.55. The first kappa shape index (κ1) is 18.9. The van der Waals surface area contributed by atoms with Crippen molar-refractivity contribution in [3.05, 3.63) is 57.6 Å². The van der Waals surface area contributed by atoms with Crippen molar-refractivity contribution in [3.63, 3.8) is 0 Å². The summed E-state index contributed by atoms with van der Waals surface area (Å²) in [6.45, 7) is 1.77. The van der Waals surface area contributed by atoms with E-state index in [9.17, 15) is 29.4 Å². The molecule has 7 nitrogen and oxygen atoms in total. The van der Waals surface area contributed by atoms with E-state index in [2.05, 4.69) is 0 Å². The molecule has 0 spiro atoms. The van der Waals surface area contributed by atoms with Crippen molar-refractivity contribution in [2.24, 2.45) is 5.92 Å². The van der Waals surface area contributed by atoms with Crippen LogP contribution in [0.4, 0.5) is 0 Å². The van der Waals surface area contributed by atoms with Crippen LogP contribution in [0.15, 0.2) is 24.3 Å². The highest BCUT2D eigenvalue weighted by Crippen LogP contribution is 2.57. The van der Waals surface area contributed by atoms with Gasteiger partial charge in [-0.2, -0.15) is 0 Å². The number of carbonyl (C=O) groups is 4. The molecule has 0 radical (unpaired) electrons. The van der Waals surface area contributed by atoms with Crippen molar-refractivity contribution in [1.82, 2.24) is 0 Å². The average molecular weight is 394 g/mol. The van der Waals surface area contributed by atoms with Crippen molar-refractivity contribution in [3.8, 4) is 11.5 Å². The van der Waals surface area contributed by atoms with Crippen LogP contribution in [0.2, 0.25) is 0 Å². The number of methoxy groups -OCH3 is 1. The molecule has 0 saturated carbocycles. The average Bonchev–Trinajstić information content (AvgIpc) is 3.08. The third kappa shape index (κ3) is 2.30.